The van der Waals surface area contributed by atoms with Crippen molar-refractivity contribution in [3.8, 4) is 0 Å². The van der Waals surface area contributed by atoms with Crippen LogP contribution in [0.2, 0.25) is 5.15 Å². The molecule has 0 aliphatic carbocycles. The first-order valence-corrected chi connectivity index (χ1v) is 5.66. The lowest BCUT2D eigenvalue weighted by Gasteiger charge is -2.01. The van der Waals surface area contributed by atoms with Crippen LogP contribution in [0.5, 0.6) is 0 Å². The molecule has 0 radical (unpaired) electrons. The lowest BCUT2D eigenvalue weighted by molar-refractivity contribution is 0.754. The second-order valence-corrected chi connectivity index (χ2v) is 4.89. The minimum atomic E-state index is 0.497. The molecule has 0 saturated heterocycles. The highest BCUT2D eigenvalue weighted by Crippen LogP contribution is 2.07. The number of rotatable bonds is 2. The van der Waals surface area contributed by atoms with Crippen molar-refractivity contribution in [1.82, 2.24) is 9.55 Å². The van der Waals surface area contributed by atoms with E-state index in [2.05, 4.69) is 4.98 Å². The number of hydrogen-bond acceptors (Lipinski definition) is 3. The van der Waals surface area contributed by atoms with E-state index >= 15 is 0 Å². The molecule has 0 saturated carbocycles. The predicted molar refractivity (Wildman–Crippen MR) is 61.2 cm³/mol. The minimum Gasteiger partial charge on any atom is -0.319 e. The summed E-state index contributed by atoms with van der Waals surface area (Å²) in [6, 6.07) is 3.69. The normalized spacial score (nSPS) is 10.5. The number of aryl methyl sites for hydroxylation is 1. The molecule has 1 N–H and O–H groups in total. The fraction of sp³-hybridized carbons (Fsp3) is 0.200. The third kappa shape index (κ3) is 2.46. The summed E-state index contributed by atoms with van der Waals surface area (Å²) in [7, 11) is 0. The maximum absolute atomic E-state index is 7.72. The van der Waals surface area contributed by atoms with Gasteiger partial charge in [-0.3, -0.25) is 5.41 Å². The zero-order valence-electron chi connectivity index (χ0n) is 8.20. The zero-order valence-corrected chi connectivity index (χ0v) is 9.77. The summed E-state index contributed by atoms with van der Waals surface area (Å²) < 4.78 is 1.89. The topological polar surface area (TPSA) is 41.7 Å². The standard InChI is InChI=1S/C10H10ClN3S/c1-7-5-14(10(12)15-7)6-8-2-3-9(11)13-4-8/h2-5,12H,6H2,1H3. The lowest BCUT2D eigenvalue weighted by Crippen LogP contribution is -2.12. The Labute approximate surface area is 96.5 Å². The van der Waals surface area contributed by atoms with Crippen LogP contribution in [0.3, 0.4) is 0 Å². The lowest BCUT2D eigenvalue weighted by atomic mass is 10.3. The van der Waals surface area contributed by atoms with Crippen molar-refractivity contribution in [3.05, 3.63) is 44.9 Å². The zero-order chi connectivity index (χ0) is 10.8. The van der Waals surface area contributed by atoms with Gasteiger partial charge in [-0.05, 0) is 18.6 Å². The Hall–Kier alpha value is -1.13. The molecule has 15 heavy (non-hydrogen) atoms. The van der Waals surface area contributed by atoms with Gasteiger partial charge in [0.15, 0.2) is 4.80 Å². The SMILES string of the molecule is Cc1cn(Cc2ccc(Cl)nc2)c(=N)s1. The van der Waals surface area contributed by atoms with Crippen LogP contribution < -0.4 is 4.80 Å². The van der Waals surface area contributed by atoms with Gasteiger partial charge in [-0.1, -0.05) is 17.7 Å². The van der Waals surface area contributed by atoms with Gasteiger partial charge in [0.25, 0.3) is 0 Å². The quantitative estimate of drug-likeness (QED) is 0.804. The molecule has 0 aliphatic heterocycles. The number of aromatic nitrogens is 2. The maximum Gasteiger partial charge on any atom is 0.182 e. The molecule has 2 aromatic rings. The number of nitrogens with one attached hydrogen (secondary N) is 1. The Morgan fingerprint density at radius 1 is 1.53 bits per heavy atom. The first-order valence-electron chi connectivity index (χ1n) is 4.47. The predicted octanol–water partition coefficient (Wildman–Crippen LogP) is 2.43. The first-order chi connectivity index (χ1) is 7.15. The Bertz CT molecular complexity index is 512. The van der Waals surface area contributed by atoms with Crippen molar-refractivity contribution < 1.29 is 0 Å². The van der Waals surface area contributed by atoms with Gasteiger partial charge in [0.05, 0.1) is 6.54 Å². The largest absolute Gasteiger partial charge is 0.319 e. The maximum atomic E-state index is 7.72. The van der Waals surface area contributed by atoms with Gasteiger partial charge in [0, 0.05) is 17.3 Å². The summed E-state index contributed by atoms with van der Waals surface area (Å²) in [6.45, 7) is 2.67. The van der Waals surface area contributed by atoms with Crippen molar-refractivity contribution >= 4 is 22.9 Å². The van der Waals surface area contributed by atoms with E-state index in [0.29, 0.717) is 16.5 Å². The summed E-state index contributed by atoms with van der Waals surface area (Å²) in [4.78, 5) is 5.70. The number of halogens is 1. The highest BCUT2D eigenvalue weighted by atomic mass is 35.5. The molecule has 78 valence electrons. The van der Waals surface area contributed by atoms with Crippen LogP contribution >= 0.6 is 22.9 Å². The van der Waals surface area contributed by atoms with Gasteiger partial charge in [0.1, 0.15) is 5.15 Å². The summed E-state index contributed by atoms with van der Waals surface area (Å²) in [5.41, 5.74) is 1.05. The molecule has 0 unspecified atom stereocenters. The minimum absolute atomic E-state index is 0.497. The second kappa shape index (κ2) is 4.16. The van der Waals surface area contributed by atoms with Gasteiger partial charge in [-0.25, -0.2) is 4.98 Å². The molecule has 0 aromatic carbocycles. The van der Waals surface area contributed by atoms with Crippen LogP contribution in [-0.4, -0.2) is 9.55 Å². The van der Waals surface area contributed by atoms with E-state index in [1.54, 1.807) is 12.3 Å². The molecule has 2 heterocycles. The molecule has 0 atom stereocenters. The van der Waals surface area contributed by atoms with Crippen molar-refractivity contribution in [1.29, 1.82) is 5.41 Å². The molecule has 0 aliphatic rings. The van der Waals surface area contributed by atoms with E-state index < -0.39 is 0 Å². The average Bonchev–Trinajstić information content (AvgIpc) is 2.49. The van der Waals surface area contributed by atoms with Crippen molar-refractivity contribution in [2.75, 3.05) is 0 Å². The summed E-state index contributed by atoms with van der Waals surface area (Å²) in [5.74, 6) is 0. The fourth-order valence-corrected chi connectivity index (χ4v) is 2.16. The molecule has 5 heteroatoms. The molecular weight excluding hydrogens is 230 g/mol. The van der Waals surface area contributed by atoms with E-state index in [4.69, 9.17) is 17.0 Å². The van der Waals surface area contributed by atoms with Gasteiger partial charge in [-0.2, -0.15) is 0 Å². The Balaban J connectivity index is 2.25. The number of pyridine rings is 1. The third-order valence-corrected chi connectivity index (χ3v) is 3.08. The summed E-state index contributed by atoms with van der Waals surface area (Å²) in [5, 5.41) is 8.21. The molecule has 2 rings (SSSR count). The highest BCUT2D eigenvalue weighted by Gasteiger charge is 1.99. The smallest absolute Gasteiger partial charge is 0.182 e. The number of thiazole rings is 1. The highest BCUT2D eigenvalue weighted by molar-refractivity contribution is 7.09. The van der Waals surface area contributed by atoms with Crippen molar-refractivity contribution in [3.63, 3.8) is 0 Å². The average molecular weight is 240 g/mol. The molecule has 3 nitrogen and oxygen atoms in total. The van der Waals surface area contributed by atoms with Crippen LogP contribution in [0.25, 0.3) is 0 Å². The van der Waals surface area contributed by atoms with Gasteiger partial charge in [-0.15, -0.1) is 11.3 Å². The van der Waals surface area contributed by atoms with Gasteiger partial charge in [0.2, 0.25) is 0 Å². The van der Waals surface area contributed by atoms with Crippen LogP contribution in [0, 0.1) is 12.3 Å². The van der Waals surface area contributed by atoms with Crippen LogP contribution in [0.4, 0.5) is 0 Å². The van der Waals surface area contributed by atoms with E-state index in [1.807, 2.05) is 23.8 Å². The second-order valence-electron chi connectivity index (χ2n) is 3.26. The van der Waals surface area contributed by atoms with Gasteiger partial charge >= 0.3 is 0 Å². The fourth-order valence-electron chi connectivity index (χ4n) is 1.33. The Morgan fingerprint density at radius 3 is 2.87 bits per heavy atom. The summed E-state index contributed by atoms with van der Waals surface area (Å²) in [6.07, 6.45) is 3.71. The van der Waals surface area contributed by atoms with Crippen LogP contribution in [0.15, 0.2) is 24.5 Å². The molecule has 0 bridgehead atoms. The van der Waals surface area contributed by atoms with Crippen molar-refractivity contribution in [2.45, 2.75) is 13.5 Å². The number of hydrogen-bond donors (Lipinski definition) is 1. The van der Waals surface area contributed by atoms with Crippen LogP contribution in [-0.2, 0) is 6.54 Å². The van der Waals surface area contributed by atoms with E-state index in [9.17, 15) is 0 Å². The first kappa shape index (κ1) is 10.4. The van der Waals surface area contributed by atoms with Crippen molar-refractivity contribution in [2.24, 2.45) is 0 Å². The summed E-state index contributed by atoms with van der Waals surface area (Å²) >= 11 is 7.17. The molecular formula is C10H10ClN3S. The Kier molecular flexibility index (Phi) is 2.88. The van der Waals surface area contributed by atoms with E-state index in [1.165, 1.54) is 11.3 Å². The Morgan fingerprint density at radius 2 is 2.33 bits per heavy atom. The van der Waals surface area contributed by atoms with E-state index in [-0.39, 0.29) is 0 Å². The molecule has 0 spiro atoms. The van der Waals surface area contributed by atoms with Gasteiger partial charge < -0.3 is 4.57 Å². The third-order valence-electron chi connectivity index (χ3n) is 2.00. The molecule has 0 amide bonds. The number of nitrogens with zero attached hydrogens (tertiary/aromatic N) is 2. The van der Waals surface area contributed by atoms with Crippen LogP contribution in [0.1, 0.15) is 10.4 Å². The molecule has 0 fully saturated rings. The monoisotopic (exact) mass is 239 g/mol. The molecule has 2 aromatic heterocycles. The van der Waals surface area contributed by atoms with E-state index in [0.717, 1.165) is 10.4 Å².